The van der Waals surface area contributed by atoms with Crippen molar-refractivity contribution in [2.75, 3.05) is 6.54 Å². The number of nitrogens with one attached hydrogen (secondary N) is 1. The third kappa shape index (κ3) is 3.00. The SMILES string of the molecule is Cc1ccc(C(O)CNC(C)C)c(F)c1F. The van der Waals surface area contributed by atoms with Crippen LogP contribution in [0.1, 0.15) is 31.1 Å². The molecule has 0 heterocycles. The highest BCUT2D eigenvalue weighted by Crippen LogP contribution is 2.21. The van der Waals surface area contributed by atoms with E-state index in [2.05, 4.69) is 5.32 Å². The molecule has 0 spiro atoms. The summed E-state index contributed by atoms with van der Waals surface area (Å²) in [5.41, 5.74) is 0.238. The smallest absolute Gasteiger partial charge is 0.164 e. The van der Waals surface area contributed by atoms with Crippen LogP contribution >= 0.6 is 0 Å². The predicted molar refractivity (Wildman–Crippen MR) is 59.2 cm³/mol. The zero-order valence-electron chi connectivity index (χ0n) is 9.72. The van der Waals surface area contributed by atoms with Crippen LogP contribution in [0.3, 0.4) is 0 Å². The highest BCUT2D eigenvalue weighted by Gasteiger charge is 2.17. The van der Waals surface area contributed by atoms with E-state index in [0.717, 1.165) is 0 Å². The Balaban J connectivity index is 2.84. The van der Waals surface area contributed by atoms with Crippen molar-refractivity contribution in [3.8, 4) is 0 Å². The minimum absolute atomic E-state index is 0.00347. The summed E-state index contributed by atoms with van der Waals surface area (Å²) in [5.74, 6) is -1.85. The van der Waals surface area contributed by atoms with Gasteiger partial charge in [0.2, 0.25) is 0 Å². The molecule has 90 valence electrons. The van der Waals surface area contributed by atoms with E-state index in [0.29, 0.717) is 0 Å². The van der Waals surface area contributed by atoms with E-state index >= 15 is 0 Å². The van der Waals surface area contributed by atoms with Crippen molar-refractivity contribution in [2.45, 2.75) is 32.9 Å². The second kappa shape index (κ2) is 5.37. The molecule has 1 aromatic rings. The van der Waals surface area contributed by atoms with Gasteiger partial charge in [-0.2, -0.15) is 0 Å². The monoisotopic (exact) mass is 229 g/mol. The Hall–Kier alpha value is -1.00. The maximum Gasteiger partial charge on any atom is 0.164 e. The molecular weight excluding hydrogens is 212 g/mol. The highest BCUT2D eigenvalue weighted by atomic mass is 19.2. The van der Waals surface area contributed by atoms with Crippen molar-refractivity contribution >= 4 is 0 Å². The van der Waals surface area contributed by atoms with Gasteiger partial charge < -0.3 is 10.4 Å². The van der Waals surface area contributed by atoms with Gasteiger partial charge in [0.05, 0.1) is 6.10 Å². The van der Waals surface area contributed by atoms with E-state index in [1.54, 1.807) is 0 Å². The van der Waals surface area contributed by atoms with Crippen molar-refractivity contribution in [2.24, 2.45) is 0 Å². The molecule has 2 N–H and O–H groups in total. The second-order valence-electron chi connectivity index (χ2n) is 4.18. The second-order valence-corrected chi connectivity index (χ2v) is 4.18. The molecule has 0 aliphatic rings. The molecule has 1 rings (SSSR count). The summed E-state index contributed by atoms with van der Waals surface area (Å²) >= 11 is 0. The van der Waals surface area contributed by atoms with Gasteiger partial charge in [0.1, 0.15) is 0 Å². The molecule has 0 radical (unpaired) electrons. The normalized spacial score (nSPS) is 13.2. The molecule has 0 aliphatic carbocycles. The summed E-state index contributed by atoms with van der Waals surface area (Å²) in [5, 5.41) is 12.7. The maximum absolute atomic E-state index is 13.5. The zero-order chi connectivity index (χ0) is 12.3. The molecule has 0 fully saturated rings. The van der Waals surface area contributed by atoms with Crippen LogP contribution in [0.2, 0.25) is 0 Å². The van der Waals surface area contributed by atoms with Gasteiger partial charge in [-0.1, -0.05) is 26.0 Å². The number of aliphatic hydroxyl groups is 1. The Bertz CT molecular complexity index is 366. The molecule has 16 heavy (non-hydrogen) atoms. The molecule has 0 amide bonds. The van der Waals surface area contributed by atoms with Gasteiger partial charge in [-0.25, -0.2) is 8.78 Å². The largest absolute Gasteiger partial charge is 0.387 e. The van der Waals surface area contributed by atoms with E-state index in [-0.39, 0.29) is 23.7 Å². The fraction of sp³-hybridized carbons (Fsp3) is 0.500. The lowest BCUT2D eigenvalue weighted by molar-refractivity contribution is 0.166. The van der Waals surface area contributed by atoms with Gasteiger partial charge in [0.15, 0.2) is 11.6 Å². The Morgan fingerprint density at radius 2 is 1.88 bits per heavy atom. The maximum atomic E-state index is 13.5. The summed E-state index contributed by atoms with van der Waals surface area (Å²) in [4.78, 5) is 0. The summed E-state index contributed by atoms with van der Waals surface area (Å²) in [7, 11) is 0. The number of rotatable bonds is 4. The number of aliphatic hydroxyl groups excluding tert-OH is 1. The molecule has 1 unspecified atom stereocenters. The molecule has 1 atom stereocenters. The third-order valence-corrected chi connectivity index (χ3v) is 2.38. The molecule has 0 saturated heterocycles. The van der Waals surface area contributed by atoms with E-state index in [4.69, 9.17) is 0 Å². The van der Waals surface area contributed by atoms with E-state index in [9.17, 15) is 13.9 Å². The van der Waals surface area contributed by atoms with E-state index in [1.807, 2.05) is 13.8 Å². The Morgan fingerprint density at radius 1 is 1.25 bits per heavy atom. The molecule has 1 aromatic carbocycles. The first-order valence-corrected chi connectivity index (χ1v) is 5.29. The van der Waals surface area contributed by atoms with Crippen molar-refractivity contribution in [3.63, 3.8) is 0 Å². The molecule has 0 bridgehead atoms. The lowest BCUT2D eigenvalue weighted by atomic mass is 10.1. The quantitative estimate of drug-likeness (QED) is 0.830. The number of hydrogen-bond acceptors (Lipinski definition) is 2. The number of benzene rings is 1. The van der Waals surface area contributed by atoms with Crippen molar-refractivity contribution < 1.29 is 13.9 Å². The van der Waals surface area contributed by atoms with Crippen LogP contribution in [0.25, 0.3) is 0 Å². The average molecular weight is 229 g/mol. The molecule has 2 nitrogen and oxygen atoms in total. The summed E-state index contributed by atoms with van der Waals surface area (Å²) < 4.78 is 26.7. The van der Waals surface area contributed by atoms with E-state index in [1.165, 1.54) is 19.1 Å². The first-order chi connectivity index (χ1) is 7.43. The van der Waals surface area contributed by atoms with Crippen LogP contribution in [0.5, 0.6) is 0 Å². The summed E-state index contributed by atoms with van der Waals surface area (Å²) in [6, 6.07) is 3.07. The fourth-order valence-corrected chi connectivity index (χ4v) is 1.38. The summed E-state index contributed by atoms with van der Waals surface area (Å²) in [6.07, 6.45) is -1.03. The molecule has 0 aromatic heterocycles. The number of aryl methyl sites for hydroxylation is 1. The summed E-state index contributed by atoms with van der Waals surface area (Å²) in [6.45, 7) is 5.52. The first-order valence-electron chi connectivity index (χ1n) is 5.29. The zero-order valence-corrected chi connectivity index (χ0v) is 9.72. The van der Waals surface area contributed by atoms with Gasteiger partial charge in [0, 0.05) is 18.2 Å². The fourth-order valence-electron chi connectivity index (χ4n) is 1.38. The molecular formula is C12H17F2NO. The molecule has 0 saturated carbocycles. The Kier molecular flexibility index (Phi) is 4.38. The van der Waals surface area contributed by atoms with Crippen molar-refractivity contribution in [1.29, 1.82) is 0 Å². The van der Waals surface area contributed by atoms with Gasteiger partial charge in [-0.05, 0) is 12.5 Å². The van der Waals surface area contributed by atoms with Crippen molar-refractivity contribution in [1.82, 2.24) is 5.32 Å². The van der Waals surface area contributed by atoms with Gasteiger partial charge in [0.25, 0.3) is 0 Å². The Labute approximate surface area is 94.3 Å². The number of halogens is 2. The van der Waals surface area contributed by atoms with Crippen LogP contribution in [0, 0.1) is 18.6 Å². The average Bonchev–Trinajstić information content (AvgIpc) is 2.23. The predicted octanol–water partition coefficient (Wildman–Crippen LogP) is 2.30. The first kappa shape index (κ1) is 13.1. The van der Waals surface area contributed by atoms with E-state index < -0.39 is 17.7 Å². The van der Waals surface area contributed by atoms with Crippen LogP contribution in [0.15, 0.2) is 12.1 Å². The lowest BCUT2D eigenvalue weighted by Gasteiger charge is -2.15. The van der Waals surface area contributed by atoms with Crippen LogP contribution in [0.4, 0.5) is 8.78 Å². The van der Waals surface area contributed by atoms with Gasteiger partial charge in [-0.15, -0.1) is 0 Å². The van der Waals surface area contributed by atoms with Gasteiger partial charge >= 0.3 is 0 Å². The van der Waals surface area contributed by atoms with Crippen LogP contribution in [-0.2, 0) is 0 Å². The highest BCUT2D eigenvalue weighted by molar-refractivity contribution is 5.27. The lowest BCUT2D eigenvalue weighted by Crippen LogP contribution is -2.28. The van der Waals surface area contributed by atoms with Crippen molar-refractivity contribution in [3.05, 3.63) is 34.9 Å². The Morgan fingerprint density at radius 3 is 2.44 bits per heavy atom. The standard InChI is InChI=1S/C12H17F2NO/c1-7(2)15-6-10(16)9-5-4-8(3)11(13)12(9)14/h4-5,7,10,15-16H,6H2,1-3H3. The molecule has 0 aliphatic heterocycles. The van der Waals surface area contributed by atoms with Gasteiger partial charge in [-0.3, -0.25) is 0 Å². The number of hydrogen-bond donors (Lipinski definition) is 2. The topological polar surface area (TPSA) is 32.3 Å². The minimum Gasteiger partial charge on any atom is -0.387 e. The van der Waals surface area contributed by atoms with Crippen LogP contribution in [-0.4, -0.2) is 17.7 Å². The minimum atomic E-state index is -1.03. The van der Waals surface area contributed by atoms with Crippen LogP contribution < -0.4 is 5.32 Å². The third-order valence-electron chi connectivity index (χ3n) is 2.38. The molecule has 4 heteroatoms.